The number of hydrogen-bond donors (Lipinski definition) is 3. The zero-order valence-corrected chi connectivity index (χ0v) is 18.2. The van der Waals surface area contributed by atoms with Crippen molar-refractivity contribution in [2.75, 3.05) is 30.8 Å². The van der Waals surface area contributed by atoms with Gasteiger partial charge < -0.3 is 20.7 Å². The van der Waals surface area contributed by atoms with E-state index in [0.717, 1.165) is 16.5 Å². The van der Waals surface area contributed by atoms with Gasteiger partial charge in [-0.2, -0.15) is 0 Å². The summed E-state index contributed by atoms with van der Waals surface area (Å²) in [6.45, 7) is 0.900. The average molecular weight is 448 g/mol. The molecular formula is C24H22ClN5O2. The average Bonchev–Trinajstić information content (AvgIpc) is 2.82. The van der Waals surface area contributed by atoms with E-state index in [-0.39, 0.29) is 6.03 Å². The molecule has 4 rings (SSSR count). The van der Waals surface area contributed by atoms with Crippen LogP contribution in [0.25, 0.3) is 22.3 Å². The fourth-order valence-electron chi connectivity index (χ4n) is 3.17. The Morgan fingerprint density at radius 3 is 2.59 bits per heavy atom. The highest BCUT2D eigenvalue weighted by Crippen LogP contribution is 2.25. The Bertz CT molecular complexity index is 1230. The molecule has 0 fully saturated rings. The molecule has 2 amide bonds. The summed E-state index contributed by atoms with van der Waals surface area (Å²) in [6.07, 6.45) is 0. The first-order valence-corrected chi connectivity index (χ1v) is 10.5. The maximum Gasteiger partial charge on any atom is 0.319 e. The molecule has 162 valence electrons. The van der Waals surface area contributed by atoms with Crippen LogP contribution >= 0.6 is 11.6 Å². The van der Waals surface area contributed by atoms with Gasteiger partial charge in [-0.25, -0.2) is 14.8 Å². The van der Waals surface area contributed by atoms with Crippen molar-refractivity contribution in [3.8, 4) is 17.1 Å². The summed E-state index contributed by atoms with van der Waals surface area (Å²) in [4.78, 5) is 21.5. The van der Waals surface area contributed by atoms with Crippen LogP contribution in [0.5, 0.6) is 5.75 Å². The van der Waals surface area contributed by atoms with E-state index in [0.29, 0.717) is 41.2 Å². The van der Waals surface area contributed by atoms with Crippen molar-refractivity contribution in [1.82, 2.24) is 15.3 Å². The number of carbonyl (C=O) groups is 1. The molecule has 0 unspecified atom stereocenters. The number of nitrogens with zero attached hydrogens (tertiary/aromatic N) is 2. The molecule has 0 aliphatic rings. The molecule has 8 heteroatoms. The number of nitrogens with one attached hydrogen (secondary N) is 3. The minimum Gasteiger partial charge on any atom is -0.497 e. The summed E-state index contributed by atoms with van der Waals surface area (Å²) in [5.41, 5.74) is 2.36. The van der Waals surface area contributed by atoms with Crippen LogP contribution in [0, 0.1) is 0 Å². The van der Waals surface area contributed by atoms with E-state index in [4.69, 9.17) is 21.3 Å². The number of carbonyl (C=O) groups excluding carboxylic acids is 1. The predicted octanol–water partition coefficient (Wildman–Crippen LogP) is 5.19. The van der Waals surface area contributed by atoms with E-state index in [1.165, 1.54) is 0 Å². The number of ether oxygens (including phenoxy) is 1. The second-order valence-electron chi connectivity index (χ2n) is 6.96. The summed E-state index contributed by atoms with van der Waals surface area (Å²) in [5.74, 6) is 1.98. The molecule has 3 aromatic carbocycles. The van der Waals surface area contributed by atoms with Gasteiger partial charge in [-0.1, -0.05) is 29.8 Å². The number of urea groups is 1. The van der Waals surface area contributed by atoms with Gasteiger partial charge >= 0.3 is 6.03 Å². The van der Waals surface area contributed by atoms with Crippen LogP contribution in [0.15, 0.2) is 72.8 Å². The first-order valence-electron chi connectivity index (χ1n) is 10.1. The van der Waals surface area contributed by atoms with E-state index >= 15 is 0 Å². The van der Waals surface area contributed by atoms with E-state index < -0.39 is 0 Å². The Hall–Kier alpha value is -3.84. The summed E-state index contributed by atoms with van der Waals surface area (Å²) in [5, 5.41) is 10.5. The van der Waals surface area contributed by atoms with Gasteiger partial charge in [-0.15, -0.1) is 0 Å². The Balaban J connectivity index is 1.41. The number of benzene rings is 3. The number of hydrogen-bond acceptors (Lipinski definition) is 5. The van der Waals surface area contributed by atoms with Crippen molar-refractivity contribution in [3.63, 3.8) is 0 Å². The number of anilines is 2. The highest BCUT2D eigenvalue weighted by molar-refractivity contribution is 6.30. The van der Waals surface area contributed by atoms with Gasteiger partial charge in [-0.05, 0) is 48.5 Å². The molecular weight excluding hydrogens is 426 g/mol. The van der Waals surface area contributed by atoms with Crippen molar-refractivity contribution >= 4 is 40.0 Å². The first-order chi connectivity index (χ1) is 15.6. The molecule has 0 radical (unpaired) electrons. The number of aromatic nitrogens is 2. The summed E-state index contributed by atoms with van der Waals surface area (Å²) in [7, 11) is 1.58. The molecule has 7 nitrogen and oxygen atoms in total. The molecule has 1 heterocycles. The number of rotatable bonds is 7. The third-order valence-electron chi connectivity index (χ3n) is 4.74. The lowest BCUT2D eigenvalue weighted by Gasteiger charge is -2.12. The zero-order chi connectivity index (χ0) is 22.3. The molecule has 0 aliphatic carbocycles. The van der Waals surface area contributed by atoms with Crippen LogP contribution in [0.2, 0.25) is 5.02 Å². The van der Waals surface area contributed by atoms with Crippen LogP contribution in [0.4, 0.5) is 16.3 Å². The largest absolute Gasteiger partial charge is 0.497 e. The van der Waals surface area contributed by atoms with Crippen molar-refractivity contribution < 1.29 is 9.53 Å². The van der Waals surface area contributed by atoms with E-state index in [1.54, 1.807) is 19.2 Å². The number of methoxy groups -OCH3 is 1. The highest BCUT2D eigenvalue weighted by atomic mass is 35.5. The lowest BCUT2D eigenvalue weighted by atomic mass is 10.2. The van der Waals surface area contributed by atoms with Crippen molar-refractivity contribution in [3.05, 3.63) is 77.8 Å². The first kappa shape index (κ1) is 21.4. The SMILES string of the molecule is COc1cccc(NC(=O)NCCNc2nc(-c3ccc(Cl)cc3)nc3ccccc23)c1. The maximum absolute atomic E-state index is 12.2. The van der Waals surface area contributed by atoms with Crippen LogP contribution < -0.4 is 20.7 Å². The molecule has 3 N–H and O–H groups in total. The monoisotopic (exact) mass is 447 g/mol. The smallest absolute Gasteiger partial charge is 0.319 e. The Kier molecular flexibility index (Phi) is 6.67. The van der Waals surface area contributed by atoms with Crippen LogP contribution in [-0.4, -0.2) is 36.2 Å². The third kappa shape index (κ3) is 5.25. The van der Waals surface area contributed by atoms with Crippen LogP contribution in [0.3, 0.4) is 0 Å². The van der Waals surface area contributed by atoms with Gasteiger partial charge in [0.05, 0.1) is 12.6 Å². The van der Waals surface area contributed by atoms with E-state index in [1.807, 2.05) is 60.7 Å². The standard InChI is InChI=1S/C24H22ClN5O2/c1-32-19-6-4-5-18(15-19)28-24(31)27-14-13-26-23-20-7-2-3-8-21(20)29-22(30-23)16-9-11-17(25)12-10-16/h2-12,15H,13-14H2,1H3,(H,26,29,30)(H2,27,28,31). The number of amides is 2. The van der Waals surface area contributed by atoms with Gasteiger partial charge in [0.25, 0.3) is 0 Å². The predicted molar refractivity (Wildman–Crippen MR) is 128 cm³/mol. The number of para-hydroxylation sites is 1. The minimum absolute atomic E-state index is 0.297. The molecule has 4 aromatic rings. The van der Waals surface area contributed by atoms with Gasteiger partial charge in [0.2, 0.25) is 0 Å². The molecule has 1 aromatic heterocycles. The Labute approximate surface area is 190 Å². The fraction of sp³-hybridized carbons (Fsp3) is 0.125. The topological polar surface area (TPSA) is 88.2 Å². The molecule has 0 aliphatic heterocycles. The lowest BCUT2D eigenvalue weighted by molar-refractivity contribution is 0.252. The second-order valence-corrected chi connectivity index (χ2v) is 7.40. The Morgan fingerprint density at radius 1 is 0.969 bits per heavy atom. The fourth-order valence-corrected chi connectivity index (χ4v) is 3.30. The van der Waals surface area contributed by atoms with Crippen LogP contribution in [-0.2, 0) is 0 Å². The number of halogens is 1. The van der Waals surface area contributed by atoms with Gasteiger partial charge in [0, 0.05) is 40.8 Å². The van der Waals surface area contributed by atoms with Gasteiger partial charge in [0.1, 0.15) is 11.6 Å². The molecule has 0 saturated heterocycles. The summed E-state index contributed by atoms with van der Waals surface area (Å²) < 4.78 is 5.17. The third-order valence-corrected chi connectivity index (χ3v) is 4.99. The quantitative estimate of drug-likeness (QED) is 0.339. The molecule has 0 atom stereocenters. The Morgan fingerprint density at radius 2 is 1.78 bits per heavy atom. The lowest BCUT2D eigenvalue weighted by Crippen LogP contribution is -2.32. The summed E-state index contributed by atoms with van der Waals surface area (Å²) in [6, 6.07) is 22.1. The number of fused-ring (bicyclic) bond motifs is 1. The molecule has 0 saturated carbocycles. The molecule has 32 heavy (non-hydrogen) atoms. The van der Waals surface area contributed by atoms with Gasteiger partial charge in [0.15, 0.2) is 5.82 Å². The van der Waals surface area contributed by atoms with E-state index in [2.05, 4.69) is 20.9 Å². The summed E-state index contributed by atoms with van der Waals surface area (Å²) >= 11 is 6.00. The molecule has 0 bridgehead atoms. The van der Waals surface area contributed by atoms with Crippen molar-refractivity contribution in [2.24, 2.45) is 0 Å². The van der Waals surface area contributed by atoms with Crippen molar-refractivity contribution in [2.45, 2.75) is 0 Å². The van der Waals surface area contributed by atoms with Crippen molar-refractivity contribution in [1.29, 1.82) is 0 Å². The van der Waals surface area contributed by atoms with Crippen LogP contribution in [0.1, 0.15) is 0 Å². The molecule has 0 spiro atoms. The van der Waals surface area contributed by atoms with Gasteiger partial charge in [-0.3, -0.25) is 0 Å². The highest BCUT2D eigenvalue weighted by Gasteiger charge is 2.09. The van der Waals surface area contributed by atoms with E-state index in [9.17, 15) is 4.79 Å². The minimum atomic E-state index is -0.297. The second kappa shape index (κ2) is 9.98. The maximum atomic E-state index is 12.2. The zero-order valence-electron chi connectivity index (χ0n) is 17.4. The normalized spacial score (nSPS) is 10.6.